The normalized spacial score (nSPS) is 14.0. The van der Waals surface area contributed by atoms with Crippen LogP contribution in [-0.4, -0.2) is 66.2 Å². The summed E-state index contributed by atoms with van der Waals surface area (Å²) in [5.74, 6) is -2.11. The number of anilines is 1. The fraction of sp³-hybridized carbons (Fsp3) is 0.389. The molecule has 0 fully saturated rings. The molecule has 1 aromatic rings. The Morgan fingerprint density at radius 2 is 2.00 bits per heavy atom. The van der Waals surface area contributed by atoms with Crippen molar-refractivity contribution in [1.82, 2.24) is 4.90 Å². The molecule has 2 amide bonds. The van der Waals surface area contributed by atoms with Gasteiger partial charge in [-0.3, -0.25) is 19.3 Å². The largest absolute Gasteiger partial charge is 0.481 e. The summed E-state index contributed by atoms with van der Waals surface area (Å²) in [5.41, 5.74) is 0.788. The summed E-state index contributed by atoms with van der Waals surface area (Å²) in [4.78, 5) is 58.4. The maximum atomic E-state index is 12.7. The minimum atomic E-state index is -0.991. The Hall–Kier alpha value is -3.07. The van der Waals surface area contributed by atoms with Crippen LogP contribution in [0.2, 0.25) is 0 Å². The van der Waals surface area contributed by atoms with Crippen LogP contribution >= 0.6 is 0 Å². The number of ether oxygens (including phenoxy) is 1. The van der Waals surface area contributed by atoms with E-state index in [0.29, 0.717) is 24.8 Å². The summed E-state index contributed by atoms with van der Waals surface area (Å²) in [7, 11) is 0. The van der Waals surface area contributed by atoms with Crippen LogP contribution in [0.5, 0.6) is 0 Å². The average Bonchev–Trinajstić information content (AvgIpc) is 2.91. The fourth-order valence-corrected chi connectivity index (χ4v) is 2.77. The van der Waals surface area contributed by atoms with Gasteiger partial charge in [0.05, 0.1) is 36.8 Å². The summed E-state index contributed by atoms with van der Waals surface area (Å²) < 4.78 is 5.17. The summed E-state index contributed by atoms with van der Waals surface area (Å²) in [5, 5.41) is 11.5. The molecule has 1 aliphatic heterocycles. The lowest BCUT2D eigenvalue weighted by Gasteiger charge is -2.20. The van der Waals surface area contributed by atoms with Crippen LogP contribution in [0, 0.1) is 0 Å². The number of imide groups is 1. The number of fused-ring (bicyclic) bond motifs is 1. The van der Waals surface area contributed by atoms with Gasteiger partial charge in [-0.2, -0.15) is 0 Å². The van der Waals surface area contributed by atoms with Gasteiger partial charge in [0, 0.05) is 18.7 Å². The van der Waals surface area contributed by atoms with E-state index in [0.717, 1.165) is 4.90 Å². The smallest absolute Gasteiger partial charge is 0.305 e. The number of carboxylic acids is 1. The van der Waals surface area contributed by atoms with E-state index in [9.17, 15) is 24.0 Å². The van der Waals surface area contributed by atoms with Crippen LogP contribution < -0.4 is 5.32 Å². The number of amides is 2. The first kappa shape index (κ1) is 20.2. The maximum absolute atomic E-state index is 12.7. The Morgan fingerprint density at radius 3 is 2.67 bits per heavy atom. The second-order valence-electron chi connectivity index (χ2n) is 5.84. The van der Waals surface area contributed by atoms with Crippen molar-refractivity contribution in [1.29, 1.82) is 0 Å². The summed E-state index contributed by atoms with van der Waals surface area (Å²) >= 11 is 0. The van der Waals surface area contributed by atoms with Gasteiger partial charge in [0.2, 0.25) is 0 Å². The summed E-state index contributed by atoms with van der Waals surface area (Å²) in [6.45, 7) is 0.603. The number of carboxylic acid groups (broad SMARTS) is 1. The molecular formula is C18H20N2O7. The lowest BCUT2D eigenvalue weighted by atomic mass is 10.1. The molecule has 1 unspecified atom stereocenters. The van der Waals surface area contributed by atoms with E-state index >= 15 is 0 Å². The first-order chi connectivity index (χ1) is 13.0. The van der Waals surface area contributed by atoms with Crippen LogP contribution in [0.3, 0.4) is 0 Å². The Bertz CT molecular complexity index is 747. The predicted molar refractivity (Wildman–Crippen MR) is 93.7 cm³/mol. The van der Waals surface area contributed by atoms with Crippen molar-refractivity contribution in [2.75, 3.05) is 25.1 Å². The van der Waals surface area contributed by atoms with Crippen molar-refractivity contribution in [3.63, 3.8) is 0 Å². The number of nitrogens with one attached hydrogen (secondary N) is 1. The third kappa shape index (κ3) is 4.76. The van der Waals surface area contributed by atoms with Gasteiger partial charge in [-0.1, -0.05) is 6.07 Å². The maximum Gasteiger partial charge on any atom is 0.305 e. The van der Waals surface area contributed by atoms with Crippen molar-refractivity contribution in [3.05, 3.63) is 29.3 Å². The minimum Gasteiger partial charge on any atom is -0.481 e. The van der Waals surface area contributed by atoms with Crippen molar-refractivity contribution >= 4 is 36.0 Å². The number of hydrogen-bond acceptors (Lipinski definition) is 7. The van der Waals surface area contributed by atoms with Crippen molar-refractivity contribution in [2.45, 2.75) is 25.3 Å². The number of aldehydes is 2. The van der Waals surface area contributed by atoms with Crippen LogP contribution in [0.1, 0.15) is 40.0 Å². The van der Waals surface area contributed by atoms with E-state index in [2.05, 4.69) is 5.32 Å². The van der Waals surface area contributed by atoms with Crippen LogP contribution in [0.4, 0.5) is 5.69 Å². The number of aliphatic carboxylic acids is 1. The average molecular weight is 376 g/mol. The molecule has 9 nitrogen and oxygen atoms in total. The molecule has 0 spiro atoms. The van der Waals surface area contributed by atoms with E-state index in [4.69, 9.17) is 9.84 Å². The molecule has 0 aromatic heterocycles. The lowest BCUT2D eigenvalue weighted by Crippen LogP contribution is -2.41. The highest BCUT2D eigenvalue weighted by molar-refractivity contribution is 6.24. The Morgan fingerprint density at radius 1 is 1.22 bits per heavy atom. The molecule has 27 heavy (non-hydrogen) atoms. The third-order valence-corrected chi connectivity index (χ3v) is 4.04. The predicted octanol–water partition coefficient (Wildman–Crippen LogP) is 0.732. The van der Waals surface area contributed by atoms with Crippen molar-refractivity contribution in [3.8, 4) is 0 Å². The second-order valence-corrected chi connectivity index (χ2v) is 5.84. The number of rotatable bonds is 12. The van der Waals surface area contributed by atoms with Gasteiger partial charge >= 0.3 is 5.97 Å². The number of hydrogen-bond donors (Lipinski definition) is 2. The first-order valence-corrected chi connectivity index (χ1v) is 8.44. The van der Waals surface area contributed by atoms with Crippen LogP contribution in [0.25, 0.3) is 0 Å². The SMILES string of the molecule is O=CCCC(C=O)N1C(=O)c2cccc(NCCOCCC(=O)O)c2C1=O. The van der Waals surface area contributed by atoms with Gasteiger partial charge in [0.1, 0.15) is 12.6 Å². The number of benzene rings is 1. The molecule has 0 bridgehead atoms. The van der Waals surface area contributed by atoms with Gasteiger partial charge in [0.25, 0.3) is 11.8 Å². The zero-order valence-electron chi connectivity index (χ0n) is 14.6. The quantitative estimate of drug-likeness (QED) is 0.310. The van der Waals surface area contributed by atoms with Crippen LogP contribution in [0.15, 0.2) is 18.2 Å². The molecule has 2 N–H and O–H groups in total. The van der Waals surface area contributed by atoms with Gasteiger partial charge in [-0.05, 0) is 18.6 Å². The molecule has 0 radical (unpaired) electrons. The molecule has 1 aliphatic rings. The zero-order valence-corrected chi connectivity index (χ0v) is 14.6. The highest BCUT2D eigenvalue weighted by Crippen LogP contribution is 2.31. The van der Waals surface area contributed by atoms with Gasteiger partial charge in [-0.25, -0.2) is 0 Å². The van der Waals surface area contributed by atoms with Crippen LogP contribution in [-0.2, 0) is 19.1 Å². The topological polar surface area (TPSA) is 130 Å². The molecule has 0 aliphatic carbocycles. The monoisotopic (exact) mass is 376 g/mol. The van der Waals surface area contributed by atoms with Crippen molar-refractivity contribution < 1.29 is 33.8 Å². The number of carbonyl (C=O) groups excluding carboxylic acids is 4. The Kier molecular flexibility index (Phi) is 7.18. The molecule has 9 heteroatoms. The Labute approximate surface area is 155 Å². The van der Waals surface area contributed by atoms with Crippen molar-refractivity contribution in [2.24, 2.45) is 0 Å². The number of nitrogens with zero attached hydrogens (tertiary/aromatic N) is 1. The Balaban J connectivity index is 2.07. The fourth-order valence-electron chi connectivity index (χ4n) is 2.77. The van der Waals surface area contributed by atoms with E-state index in [1.165, 1.54) is 6.07 Å². The van der Waals surface area contributed by atoms with Gasteiger partial charge < -0.3 is 24.7 Å². The van der Waals surface area contributed by atoms with E-state index in [1.54, 1.807) is 12.1 Å². The molecule has 1 aromatic carbocycles. The number of carbonyl (C=O) groups is 5. The van der Waals surface area contributed by atoms with Gasteiger partial charge in [-0.15, -0.1) is 0 Å². The lowest BCUT2D eigenvalue weighted by molar-refractivity contribution is -0.138. The molecule has 1 atom stereocenters. The highest BCUT2D eigenvalue weighted by Gasteiger charge is 2.41. The molecular weight excluding hydrogens is 356 g/mol. The minimum absolute atomic E-state index is 0.0651. The summed E-state index contributed by atoms with van der Waals surface area (Å²) in [6, 6.07) is 3.76. The zero-order chi connectivity index (χ0) is 19.8. The molecule has 144 valence electrons. The highest BCUT2D eigenvalue weighted by atomic mass is 16.5. The molecule has 0 saturated heterocycles. The molecule has 1 heterocycles. The standard InChI is InChI=1S/C18H20N2O7/c21-8-2-3-12(11-22)20-17(25)13-4-1-5-14(16(13)18(20)26)19-7-10-27-9-6-15(23)24/h1,4-5,8,11-12,19H,2-3,6-7,9-10H2,(H,23,24). The van der Waals surface area contributed by atoms with Gasteiger partial charge in [0.15, 0.2) is 0 Å². The third-order valence-electron chi connectivity index (χ3n) is 4.04. The van der Waals surface area contributed by atoms with E-state index in [-0.39, 0.29) is 43.6 Å². The first-order valence-electron chi connectivity index (χ1n) is 8.44. The van der Waals surface area contributed by atoms with E-state index in [1.807, 2.05) is 0 Å². The summed E-state index contributed by atoms with van der Waals surface area (Å²) in [6.07, 6.45) is 1.17. The second kappa shape index (κ2) is 9.58. The van der Waals surface area contributed by atoms with E-state index < -0.39 is 23.8 Å². The molecule has 2 rings (SSSR count). The molecule has 0 saturated carbocycles.